The van der Waals surface area contributed by atoms with Gasteiger partial charge in [0.25, 0.3) is 0 Å². The Hall–Kier alpha value is -8.08. The lowest BCUT2D eigenvalue weighted by atomic mass is 9.65. The average molecular weight is 781 g/mol. The van der Waals surface area contributed by atoms with E-state index in [9.17, 15) is 0 Å². The zero-order valence-electron chi connectivity index (χ0n) is 33.4. The molecule has 10 aromatic rings. The van der Waals surface area contributed by atoms with E-state index in [-0.39, 0.29) is 0 Å². The Labute approximate surface area is 356 Å². The first-order valence-corrected chi connectivity index (χ1v) is 20.6. The van der Waals surface area contributed by atoms with E-state index >= 15 is 0 Å². The second-order valence-electron chi connectivity index (χ2n) is 15.0. The van der Waals surface area contributed by atoms with Gasteiger partial charge in [-0.1, -0.05) is 231 Å². The van der Waals surface area contributed by atoms with Gasteiger partial charge in [0.1, 0.15) is 0 Å². The summed E-state index contributed by atoms with van der Waals surface area (Å²) in [5, 5.41) is 0. The number of benzene rings is 8. The summed E-state index contributed by atoms with van der Waals surface area (Å²) in [4.78, 5) is 20.3. The van der Waals surface area contributed by atoms with Crippen molar-refractivity contribution in [3.05, 3.63) is 265 Å². The average Bonchev–Trinajstić information content (AvgIpc) is 3.36. The fourth-order valence-electron chi connectivity index (χ4n) is 8.29. The number of aromatic nitrogens is 4. The Balaban J connectivity index is 1.11. The highest BCUT2D eigenvalue weighted by atomic mass is 14.9. The molecule has 0 spiro atoms. The molecule has 0 saturated carbocycles. The van der Waals surface area contributed by atoms with Crippen molar-refractivity contribution in [1.29, 1.82) is 0 Å². The van der Waals surface area contributed by atoms with E-state index in [1.165, 1.54) is 11.1 Å². The molecule has 0 radical (unpaired) electrons. The van der Waals surface area contributed by atoms with Gasteiger partial charge in [0.15, 0.2) is 11.6 Å². The van der Waals surface area contributed by atoms with E-state index < -0.39 is 5.41 Å². The maximum atomic E-state index is 5.13. The first-order valence-electron chi connectivity index (χ1n) is 20.6. The maximum absolute atomic E-state index is 5.13. The van der Waals surface area contributed by atoms with Crippen LogP contribution in [0.3, 0.4) is 0 Å². The van der Waals surface area contributed by atoms with Gasteiger partial charge in [-0.15, -0.1) is 0 Å². The van der Waals surface area contributed by atoms with Crippen LogP contribution in [0, 0.1) is 0 Å². The molecule has 2 heterocycles. The van der Waals surface area contributed by atoms with Crippen LogP contribution >= 0.6 is 0 Å². The molecule has 4 heteroatoms. The van der Waals surface area contributed by atoms with Gasteiger partial charge in [0.2, 0.25) is 0 Å². The summed E-state index contributed by atoms with van der Waals surface area (Å²) in [5.41, 5.74) is 13.5. The second kappa shape index (κ2) is 16.6. The van der Waals surface area contributed by atoms with Crippen LogP contribution in [0.15, 0.2) is 243 Å². The van der Waals surface area contributed by atoms with E-state index in [1.54, 1.807) is 0 Å². The number of hydrogen-bond donors (Lipinski definition) is 0. The molecule has 0 unspecified atom stereocenters. The predicted octanol–water partition coefficient (Wildman–Crippen LogP) is 13.7. The molecule has 0 aliphatic carbocycles. The van der Waals surface area contributed by atoms with Crippen LogP contribution in [0.1, 0.15) is 22.3 Å². The van der Waals surface area contributed by atoms with Gasteiger partial charge in [0.05, 0.1) is 28.2 Å². The van der Waals surface area contributed by atoms with Crippen molar-refractivity contribution in [2.24, 2.45) is 0 Å². The minimum atomic E-state index is -0.647. The molecule has 0 N–H and O–H groups in total. The third-order valence-electron chi connectivity index (χ3n) is 11.3. The van der Waals surface area contributed by atoms with Crippen molar-refractivity contribution in [2.45, 2.75) is 5.41 Å². The maximum Gasteiger partial charge on any atom is 0.160 e. The smallest absolute Gasteiger partial charge is 0.160 e. The van der Waals surface area contributed by atoms with Crippen molar-refractivity contribution in [1.82, 2.24) is 19.9 Å². The molecule has 0 atom stereocenters. The lowest BCUT2D eigenvalue weighted by Crippen LogP contribution is -2.31. The molecular weight excluding hydrogens is 741 g/mol. The molecule has 10 rings (SSSR count). The second-order valence-corrected chi connectivity index (χ2v) is 15.0. The minimum absolute atomic E-state index is 0.647. The first kappa shape index (κ1) is 37.2. The van der Waals surface area contributed by atoms with Crippen LogP contribution in [0.4, 0.5) is 0 Å². The Morgan fingerprint density at radius 3 is 0.738 bits per heavy atom. The van der Waals surface area contributed by atoms with Crippen LogP contribution in [0.2, 0.25) is 0 Å². The number of rotatable bonds is 10. The van der Waals surface area contributed by atoms with Gasteiger partial charge in [-0.2, -0.15) is 0 Å². The highest BCUT2D eigenvalue weighted by Gasteiger charge is 2.38. The highest BCUT2D eigenvalue weighted by Crippen LogP contribution is 2.46. The van der Waals surface area contributed by atoms with Gasteiger partial charge in [-0.05, 0) is 34.4 Å². The summed E-state index contributed by atoms with van der Waals surface area (Å²) >= 11 is 0. The molecule has 8 aromatic carbocycles. The van der Waals surface area contributed by atoms with Crippen LogP contribution in [-0.4, -0.2) is 19.9 Å². The van der Waals surface area contributed by atoms with Crippen LogP contribution in [-0.2, 0) is 5.41 Å². The fraction of sp³-hybridized carbons (Fsp3) is 0.0175. The molecule has 288 valence electrons. The molecule has 0 fully saturated rings. The summed E-state index contributed by atoms with van der Waals surface area (Å²) in [6.07, 6.45) is 0. The topological polar surface area (TPSA) is 51.6 Å². The summed E-state index contributed by atoms with van der Waals surface area (Å²) in [5.74, 6) is 1.39. The van der Waals surface area contributed by atoms with E-state index in [0.29, 0.717) is 11.6 Å². The van der Waals surface area contributed by atoms with Gasteiger partial charge in [-0.25, -0.2) is 19.9 Å². The third kappa shape index (κ3) is 7.43. The molecule has 0 aliphatic heterocycles. The van der Waals surface area contributed by atoms with E-state index in [0.717, 1.165) is 67.3 Å². The van der Waals surface area contributed by atoms with Crippen molar-refractivity contribution in [3.63, 3.8) is 0 Å². The molecule has 61 heavy (non-hydrogen) atoms. The van der Waals surface area contributed by atoms with E-state index in [2.05, 4.69) is 170 Å². The molecule has 0 saturated heterocycles. The Bertz CT molecular complexity index is 2690. The summed E-state index contributed by atoms with van der Waals surface area (Å²) < 4.78 is 0. The van der Waals surface area contributed by atoms with Crippen LogP contribution < -0.4 is 0 Å². The summed E-state index contributed by atoms with van der Waals surface area (Å²) in [7, 11) is 0. The number of nitrogens with zero attached hydrogens (tertiary/aromatic N) is 4. The SMILES string of the molecule is c1ccc(-c2cc(-c3ccc(C(c4ccccc4)(c4ccccc4)c4ccc(-c5cc(-c6ccccc6)nc(-c6ccccc6)n5)cc4)cc3)nc(-c3ccccc3)n2)cc1. The van der Waals surface area contributed by atoms with E-state index in [4.69, 9.17) is 19.9 Å². The zero-order valence-corrected chi connectivity index (χ0v) is 33.4. The first-order chi connectivity index (χ1) is 30.2. The lowest BCUT2D eigenvalue weighted by molar-refractivity contribution is 0.745. The van der Waals surface area contributed by atoms with Crippen molar-refractivity contribution >= 4 is 0 Å². The van der Waals surface area contributed by atoms with Crippen molar-refractivity contribution in [3.8, 4) is 67.8 Å². The molecular formula is C57H40N4. The Kier molecular flexibility index (Phi) is 10.2. The molecule has 0 aliphatic rings. The Morgan fingerprint density at radius 1 is 0.213 bits per heavy atom. The minimum Gasteiger partial charge on any atom is -0.228 e. The summed E-state index contributed by atoms with van der Waals surface area (Å²) in [6.45, 7) is 0. The van der Waals surface area contributed by atoms with Crippen LogP contribution in [0.25, 0.3) is 67.8 Å². The monoisotopic (exact) mass is 780 g/mol. The lowest BCUT2D eigenvalue weighted by Gasteiger charge is -2.37. The molecule has 2 aromatic heterocycles. The van der Waals surface area contributed by atoms with Gasteiger partial charge in [-0.3, -0.25) is 0 Å². The molecule has 0 bridgehead atoms. The number of hydrogen-bond acceptors (Lipinski definition) is 4. The molecule has 0 amide bonds. The van der Waals surface area contributed by atoms with Gasteiger partial charge in [0, 0.05) is 33.4 Å². The van der Waals surface area contributed by atoms with Crippen molar-refractivity contribution < 1.29 is 0 Å². The fourth-order valence-corrected chi connectivity index (χ4v) is 8.29. The standard InChI is InChI=1S/C57H40N4/c1-7-19-41(20-8-1)51-39-53(60-55(58-51)45-23-11-3-12-24-45)43-31-35-49(36-32-43)57(47-27-15-5-16-28-47,48-29-17-6-18-30-48)50-37-33-44(34-38-50)54-40-52(42-21-9-2-10-22-42)59-56(61-54)46-25-13-4-14-26-46/h1-40H. The highest BCUT2D eigenvalue weighted by molar-refractivity contribution is 5.75. The largest absolute Gasteiger partial charge is 0.228 e. The molecule has 4 nitrogen and oxygen atoms in total. The summed E-state index contributed by atoms with van der Waals surface area (Å²) in [6, 6.07) is 84.7. The van der Waals surface area contributed by atoms with E-state index in [1.807, 2.05) is 72.8 Å². The van der Waals surface area contributed by atoms with Gasteiger partial charge < -0.3 is 0 Å². The zero-order chi connectivity index (χ0) is 40.9. The Morgan fingerprint density at radius 2 is 0.443 bits per heavy atom. The normalized spacial score (nSPS) is 11.3. The third-order valence-corrected chi connectivity index (χ3v) is 11.3. The van der Waals surface area contributed by atoms with Gasteiger partial charge >= 0.3 is 0 Å². The predicted molar refractivity (Wildman–Crippen MR) is 249 cm³/mol. The van der Waals surface area contributed by atoms with Crippen molar-refractivity contribution in [2.75, 3.05) is 0 Å². The quantitative estimate of drug-likeness (QED) is 0.130. The van der Waals surface area contributed by atoms with Crippen LogP contribution in [0.5, 0.6) is 0 Å².